The smallest absolute Gasteiger partial charge is 0.253 e. The Bertz CT molecular complexity index is 825. The Hall–Kier alpha value is -3.08. The van der Waals surface area contributed by atoms with Crippen LogP contribution in [0.1, 0.15) is 31.4 Å². The number of nitrogens with two attached hydrogens (primary N) is 1. The number of rotatable bonds is 8. The zero-order valence-electron chi connectivity index (χ0n) is 15.7. The van der Waals surface area contributed by atoms with Crippen LogP contribution in [0.15, 0.2) is 72.0 Å². The van der Waals surface area contributed by atoms with Crippen LogP contribution < -0.4 is 15.8 Å². The van der Waals surface area contributed by atoms with E-state index < -0.39 is 5.82 Å². The lowest BCUT2D eigenvalue weighted by atomic mass is 10.1. The molecule has 3 N–H and O–H groups in total. The van der Waals surface area contributed by atoms with E-state index in [0.717, 1.165) is 12.0 Å². The van der Waals surface area contributed by atoms with Crippen LogP contribution in [0.25, 0.3) is 0 Å². The molecule has 0 bridgehead atoms. The monoisotopic (exact) mass is 368 g/mol. The van der Waals surface area contributed by atoms with Crippen LogP contribution in [0.4, 0.5) is 4.39 Å². The minimum Gasteiger partial charge on any atom is -0.489 e. The van der Waals surface area contributed by atoms with Gasteiger partial charge in [0.05, 0.1) is 5.57 Å². The summed E-state index contributed by atoms with van der Waals surface area (Å²) < 4.78 is 19.9. The van der Waals surface area contributed by atoms with E-state index >= 15 is 0 Å². The predicted molar refractivity (Wildman–Crippen MR) is 105 cm³/mol. The van der Waals surface area contributed by atoms with Crippen molar-refractivity contribution in [3.05, 3.63) is 88.9 Å². The third-order valence-electron chi connectivity index (χ3n) is 3.90. The summed E-state index contributed by atoms with van der Waals surface area (Å²) in [5.41, 5.74) is 7.95. The number of ether oxygens (including phenoxy) is 1. The Balaban J connectivity index is 1.96. The second-order valence-electron chi connectivity index (χ2n) is 6.12. The number of nitrogens with one attached hydrogen (secondary N) is 1. The van der Waals surface area contributed by atoms with Crippen LogP contribution in [0.2, 0.25) is 0 Å². The maximum atomic E-state index is 14.3. The zero-order chi connectivity index (χ0) is 19.6. The van der Waals surface area contributed by atoms with Crippen LogP contribution in [0, 0.1) is 5.82 Å². The molecule has 27 heavy (non-hydrogen) atoms. The van der Waals surface area contributed by atoms with Crippen molar-refractivity contribution in [2.24, 2.45) is 5.73 Å². The van der Waals surface area contributed by atoms with Crippen LogP contribution in [-0.4, -0.2) is 5.91 Å². The van der Waals surface area contributed by atoms with E-state index in [1.165, 1.54) is 6.07 Å². The first-order valence-electron chi connectivity index (χ1n) is 8.87. The van der Waals surface area contributed by atoms with E-state index in [9.17, 15) is 9.18 Å². The lowest BCUT2D eigenvalue weighted by molar-refractivity contribution is -0.117. The molecule has 0 saturated heterocycles. The Kier molecular flexibility index (Phi) is 7.62. The highest BCUT2D eigenvalue weighted by Crippen LogP contribution is 2.18. The second kappa shape index (κ2) is 10.2. The Morgan fingerprint density at radius 1 is 1.22 bits per heavy atom. The molecule has 0 aliphatic carbocycles. The summed E-state index contributed by atoms with van der Waals surface area (Å²) in [5.74, 6) is -0.320. The van der Waals surface area contributed by atoms with Crippen molar-refractivity contribution in [1.82, 2.24) is 5.32 Å². The van der Waals surface area contributed by atoms with E-state index in [2.05, 4.69) is 5.32 Å². The number of benzene rings is 2. The predicted octanol–water partition coefficient (Wildman–Crippen LogP) is 4.22. The zero-order valence-corrected chi connectivity index (χ0v) is 15.7. The summed E-state index contributed by atoms with van der Waals surface area (Å²) in [6.07, 6.45) is 4.33. The molecule has 142 valence electrons. The van der Waals surface area contributed by atoms with E-state index in [-0.39, 0.29) is 12.5 Å². The molecular weight excluding hydrogens is 343 g/mol. The number of carbonyl (C=O) groups is 1. The van der Waals surface area contributed by atoms with Crippen molar-refractivity contribution in [3.8, 4) is 5.75 Å². The van der Waals surface area contributed by atoms with Gasteiger partial charge in [-0.2, -0.15) is 0 Å². The first-order valence-corrected chi connectivity index (χ1v) is 8.87. The fourth-order valence-corrected chi connectivity index (χ4v) is 2.39. The van der Waals surface area contributed by atoms with Gasteiger partial charge in [0.2, 0.25) is 0 Å². The Morgan fingerprint density at radius 3 is 2.59 bits per heavy atom. The number of hydrogen-bond acceptors (Lipinski definition) is 3. The van der Waals surface area contributed by atoms with Gasteiger partial charge in [0.1, 0.15) is 18.2 Å². The molecule has 1 amide bonds. The van der Waals surface area contributed by atoms with E-state index in [4.69, 9.17) is 10.5 Å². The molecule has 4 nitrogen and oxygen atoms in total. The van der Waals surface area contributed by atoms with Gasteiger partial charge in [-0.1, -0.05) is 55.5 Å². The fraction of sp³-hybridized carbons (Fsp3) is 0.227. The SMILES string of the molecule is CC/C=C\C(C(=O)NCc1ccc(OCc2ccccc2)cc1F)=C(/C)N. The third-order valence-corrected chi connectivity index (χ3v) is 3.90. The molecule has 5 heteroatoms. The summed E-state index contributed by atoms with van der Waals surface area (Å²) in [6, 6.07) is 14.3. The standard InChI is InChI=1S/C22H25FN2O2/c1-3-4-10-20(16(2)24)22(26)25-14-18-11-12-19(13-21(18)23)27-15-17-8-6-5-7-9-17/h4-13H,3,14-15,24H2,1-2H3,(H,25,26)/b10-4-,20-16-. The van der Waals surface area contributed by atoms with Gasteiger partial charge >= 0.3 is 0 Å². The molecule has 0 aliphatic heterocycles. The Labute approximate surface area is 159 Å². The van der Waals surface area contributed by atoms with Gasteiger partial charge in [0.15, 0.2) is 0 Å². The van der Waals surface area contributed by atoms with Crippen LogP contribution >= 0.6 is 0 Å². The first kappa shape index (κ1) is 20.2. The molecule has 0 spiro atoms. The summed E-state index contributed by atoms with van der Waals surface area (Å²) >= 11 is 0. The van der Waals surface area contributed by atoms with Crippen molar-refractivity contribution in [1.29, 1.82) is 0 Å². The Morgan fingerprint density at radius 2 is 1.96 bits per heavy atom. The average Bonchev–Trinajstić information content (AvgIpc) is 2.66. The van der Waals surface area contributed by atoms with Gasteiger partial charge < -0.3 is 15.8 Å². The molecule has 0 saturated carbocycles. The largest absolute Gasteiger partial charge is 0.489 e. The van der Waals surface area contributed by atoms with Crippen molar-refractivity contribution in [3.63, 3.8) is 0 Å². The molecule has 0 radical (unpaired) electrons. The van der Waals surface area contributed by atoms with Crippen molar-refractivity contribution < 1.29 is 13.9 Å². The summed E-state index contributed by atoms with van der Waals surface area (Å²) in [6.45, 7) is 4.06. The normalized spacial score (nSPS) is 12.0. The van der Waals surface area contributed by atoms with Crippen LogP contribution in [0.3, 0.4) is 0 Å². The maximum Gasteiger partial charge on any atom is 0.253 e. The topological polar surface area (TPSA) is 64.3 Å². The van der Waals surface area contributed by atoms with Crippen molar-refractivity contribution in [2.75, 3.05) is 0 Å². The number of allylic oxidation sites excluding steroid dienone is 2. The summed E-state index contributed by atoms with van der Waals surface area (Å²) in [4.78, 5) is 12.3. The number of carbonyl (C=O) groups excluding carboxylic acids is 1. The van der Waals surface area contributed by atoms with Crippen LogP contribution in [-0.2, 0) is 17.9 Å². The highest BCUT2D eigenvalue weighted by molar-refractivity contribution is 5.96. The molecule has 0 atom stereocenters. The van der Waals surface area contributed by atoms with Crippen molar-refractivity contribution >= 4 is 5.91 Å². The van der Waals surface area contributed by atoms with Gasteiger partial charge in [-0.3, -0.25) is 4.79 Å². The van der Waals surface area contributed by atoms with E-state index in [1.54, 1.807) is 25.1 Å². The van der Waals surface area contributed by atoms with Crippen LogP contribution in [0.5, 0.6) is 5.75 Å². The van der Waals surface area contributed by atoms with E-state index in [0.29, 0.717) is 29.2 Å². The summed E-state index contributed by atoms with van der Waals surface area (Å²) in [5, 5.41) is 2.70. The molecule has 2 aromatic carbocycles. The molecule has 0 unspecified atom stereocenters. The lowest BCUT2D eigenvalue weighted by Gasteiger charge is -2.10. The average molecular weight is 368 g/mol. The molecule has 2 rings (SSSR count). The second-order valence-corrected chi connectivity index (χ2v) is 6.12. The minimum atomic E-state index is -0.431. The summed E-state index contributed by atoms with van der Waals surface area (Å²) in [7, 11) is 0. The highest BCUT2D eigenvalue weighted by Gasteiger charge is 2.11. The molecule has 2 aromatic rings. The molecule has 0 aromatic heterocycles. The van der Waals surface area contributed by atoms with Gasteiger partial charge in [0, 0.05) is 23.9 Å². The van der Waals surface area contributed by atoms with Gasteiger partial charge in [-0.05, 0) is 25.0 Å². The fourth-order valence-electron chi connectivity index (χ4n) is 2.39. The molecule has 0 aliphatic rings. The van der Waals surface area contributed by atoms with Gasteiger partial charge in [-0.15, -0.1) is 0 Å². The van der Waals surface area contributed by atoms with Gasteiger partial charge in [-0.25, -0.2) is 4.39 Å². The molecule has 0 fully saturated rings. The van der Waals surface area contributed by atoms with E-state index in [1.807, 2.05) is 43.3 Å². The molecular formula is C22H25FN2O2. The highest BCUT2D eigenvalue weighted by atomic mass is 19.1. The quantitative estimate of drug-likeness (QED) is 0.542. The number of amides is 1. The lowest BCUT2D eigenvalue weighted by Crippen LogP contribution is -2.26. The number of halogens is 1. The third kappa shape index (κ3) is 6.29. The first-order chi connectivity index (χ1) is 13.0. The van der Waals surface area contributed by atoms with Crippen molar-refractivity contribution in [2.45, 2.75) is 33.4 Å². The number of hydrogen-bond donors (Lipinski definition) is 2. The maximum absolute atomic E-state index is 14.3. The minimum absolute atomic E-state index is 0.0698. The van der Waals surface area contributed by atoms with Gasteiger partial charge in [0.25, 0.3) is 5.91 Å². The molecule has 0 heterocycles.